The standard InChI is InChI=1S/C15H12ClN3O3/c1-8-7-12(19-21-8)14-13(9(2)18-22-14)15(20)17-11-5-3-10(16)4-6-11/h3-7H,1-2H3,(H,17,20). The summed E-state index contributed by atoms with van der Waals surface area (Å²) in [6, 6.07) is 8.49. The SMILES string of the molecule is Cc1cc(-c2onc(C)c2C(=O)Nc2ccc(Cl)cc2)no1. The molecule has 3 aromatic rings. The third-order valence-electron chi connectivity index (χ3n) is 3.05. The van der Waals surface area contributed by atoms with Crippen molar-refractivity contribution in [2.24, 2.45) is 0 Å². The van der Waals surface area contributed by atoms with Gasteiger partial charge in [-0.15, -0.1) is 0 Å². The van der Waals surface area contributed by atoms with Gasteiger partial charge in [-0.2, -0.15) is 0 Å². The lowest BCUT2D eigenvalue weighted by molar-refractivity contribution is 0.102. The van der Waals surface area contributed by atoms with Crippen molar-refractivity contribution >= 4 is 23.2 Å². The van der Waals surface area contributed by atoms with E-state index in [1.807, 2.05) is 0 Å². The zero-order valence-corrected chi connectivity index (χ0v) is 12.6. The summed E-state index contributed by atoms with van der Waals surface area (Å²) in [5.74, 6) is 0.561. The molecule has 0 fully saturated rings. The number of halogens is 1. The number of aryl methyl sites for hydroxylation is 2. The van der Waals surface area contributed by atoms with E-state index in [1.54, 1.807) is 44.2 Å². The minimum Gasteiger partial charge on any atom is -0.361 e. The van der Waals surface area contributed by atoms with Gasteiger partial charge in [0.25, 0.3) is 5.91 Å². The second-order valence-corrected chi connectivity index (χ2v) is 5.19. The Bertz CT molecular complexity index is 821. The van der Waals surface area contributed by atoms with Crippen molar-refractivity contribution in [1.82, 2.24) is 10.3 Å². The minimum atomic E-state index is -0.336. The number of anilines is 1. The number of carbonyl (C=O) groups excluding carboxylic acids is 1. The first kappa shape index (κ1) is 14.3. The van der Waals surface area contributed by atoms with Crippen molar-refractivity contribution in [2.45, 2.75) is 13.8 Å². The summed E-state index contributed by atoms with van der Waals surface area (Å²) >= 11 is 5.82. The van der Waals surface area contributed by atoms with E-state index in [0.29, 0.717) is 33.4 Å². The highest BCUT2D eigenvalue weighted by molar-refractivity contribution is 6.30. The molecule has 1 amide bonds. The van der Waals surface area contributed by atoms with Gasteiger partial charge in [-0.1, -0.05) is 21.9 Å². The maximum atomic E-state index is 12.5. The lowest BCUT2D eigenvalue weighted by Crippen LogP contribution is -2.13. The molecule has 0 bridgehead atoms. The van der Waals surface area contributed by atoms with Crippen LogP contribution in [0.3, 0.4) is 0 Å². The zero-order chi connectivity index (χ0) is 15.7. The average Bonchev–Trinajstić information content (AvgIpc) is 3.07. The summed E-state index contributed by atoms with van der Waals surface area (Å²) in [5.41, 5.74) is 1.85. The Kier molecular flexibility index (Phi) is 3.68. The first-order valence-electron chi connectivity index (χ1n) is 6.51. The first-order valence-corrected chi connectivity index (χ1v) is 6.89. The number of amides is 1. The highest BCUT2D eigenvalue weighted by atomic mass is 35.5. The molecular weight excluding hydrogens is 306 g/mol. The van der Waals surface area contributed by atoms with Gasteiger partial charge in [0.15, 0.2) is 5.69 Å². The van der Waals surface area contributed by atoms with Gasteiger partial charge in [0, 0.05) is 16.8 Å². The second kappa shape index (κ2) is 5.65. The Hall–Kier alpha value is -2.60. The number of benzene rings is 1. The van der Waals surface area contributed by atoms with Gasteiger partial charge in [0.2, 0.25) is 5.76 Å². The average molecular weight is 318 g/mol. The van der Waals surface area contributed by atoms with E-state index in [1.165, 1.54) is 0 Å². The number of nitrogens with one attached hydrogen (secondary N) is 1. The summed E-state index contributed by atoms with van der Waals surface area (Å²) in [6.07, 6.45) is 0. The van der Waals surface area contributed by atoms with Gasteiger partial charge in [0.1, 0.15) is 11.3 Å². The Morgan fingerprint density at radius 3 is 2.50 bits per heavy atom. The van der Waals surface area contributed by atoms with Crippen molar-refractivity contribution in [3.63, 3.8) is 0 Å². The fourth-order valence-corrected chi connectivity index (χ4v) is 2.14. The molecule has 0 aliphatic rings. The van der Waals surface area contributed by atoms with Gasteiger partial charge in [0.05, 0.1) is 5.69 Å². The molecule has 3 rings (SSSR count). The largest absolute Gasteiger partial charge is 0.361 e. The van der Waals surface area contributed by atoms with Crippen LogP contribution in [0.2, 0.25) is 5.02 Å². The van der Waals surface area contributed by atoms with Crippen LogP contribution < -0.4 is 5.32 Å². The molecule has 7 heteroatoms. The zero-order valence-electron chi connectivity index (χ0n) is 11.9. The normalized spacial score (nSPS) is 10.7. The molecule has 0 aliphatic heterocycles. The minimum absolute atomic E-state index is 0.279. The Balaban J connectivity index is 1.92. The van der Waals surface area contributed by atoms with Crippen LogP contribution in [-0.4, -0.2) is 16.2 Å². The van der Waals surface area contributed by atoms with Crippen LogP contribution in [0, 0.1) is 13.8 Å². The molecule has 0 saturated carbocycles. The molecule has 0 spiro atoms. The molecule has 0 atom stereocenters. The van der Waals surface area contributed by atoms with Gasteiger partial charge >= 0.3 is 0 Å². The summed E-state index contributed by atoms with van der Waals surface area (Å²) in [5, 5.41) is 11.1. The van der Waals surface area contributed by atoms with Crippen LogP contribution in [0.1, 0.15) is 21.8 Å². The molecule has 0 aliphatic carbocycles. The molecule has 112 valence electrons. The smallest absolute Gasteiger partial charge is 0.261 e. The summed E-state index contributed by atoms with van der Waals surface area (Å²) in [6.45, 7) is 3.45. The lowest BCUT2D eigenvalue weighted by Gasteiger charge is -2.04. The third kappa shape index (κ3) is 2.73. The molecule has 6 nitrogen and oxygen atoms in total. The molecule has 2 aromatic heterocycles. The van der Waals surface area contributed by atoms with Crippen LogP contribution in [0.4, 0.5) is 5.69 Å². The van der Waals surface area contributed by atoms with Gasteiger partial charge in [-0.3, -0.25) is 4.79 Å². The Labute approximate surface area is 131 Å². The monoisotopic (exact) mass is 317 g/mol. The predicted octanol–water partition coefficient (Wildman–Crippen LogP) is 3.85. The van der Waals surface area contributed by atoms with E-state index in [4.69, 9.17) is 20.6 Å². The van der Waals surface area contributed by atoms with Crippen molar-refractivity contribution in [3.05, 3.63) is 52.4 Å². The second-order valence-electron chi connectivity index (χ2n) is 4.76. The molecule has 2 heterocycles. The number of aromatic nitrogens is 2. The quantitative estimate of drug-likeness (QED) is 0.793. The van der Waals surface area contributed by atoms with E-state index >= 15 is 0 Å². The molecule has 0 radical (unpaired) electrons. The summed E-state index contributed by atoms with van der Waals surface area (Å²) in [7, 11) is 0. The van der Waals surface area contributed by atoms with Crippen molar-refractivity contribution in [2.75, 3.05) is 5.32 Å². The van der Waals surface area contributed by atoms with E-state index in [9.17, 15) is 4.79 Å². The van der Waals surface area contributed by atoms with Crippen LogP contribution in [-0.2, 0) is 0 Å². The number of hydrogen-bond donors (Lipinski definition) is 1. The summed E-state index contributed by atoms with van der Waals surface area (Å²) < 4.78 is 10.2. The predicted molar refractivity (Wildman–Crippen MR) is 80.9 cm³/mol. The van der Waals surface area contributed by atoms with Gasteiger partial charge in [-0.05, 0) is 38.1 Å². The van der Waals surface area contributed by atoms with E-state index in [0.717, 1.165) is 0 Å². The van der Waals surface area contributed by atoms with Gasteiger partial charge in [-0.25, -0.2) is 0 Å². The van der Waals surface area contributed by atoms with Crippen molar-refractivity contribution < 1.29 is 13.8 Å². The molecule has 22 heavy (non-hydrogen) atoms. The van der Waals surface area contributed by atoms with E-state index in [2.05, 4.69) is 15.6 Å². The number of hydrogen-bond acceptors (Lipinski definition) is 5. The van der Waals surface area contributed by atoms with Crippen LogP contribution in [0.15, 0.2) is 39.4 Å². The highest BCUT2D eigenvalue weighted by Crippen LogP contribution is 2.26. The van der Waals surface area contributed by atoms with Crippen molar-refractivity contribution in [3.8, 4) is 11.5 Å². The lowest BCUT2D eigenvalue weighted by atomic mass is 10.1. The molecule has 1 N–H and O–H groups in total. The highest BCUT2D eigenvalue weighted by Gasteiger charge is 2.24. The van der Waals surface area contributed by atoms with Crippen molar-refractivity contribution in [1.29, 1.82) is 0 Å². The van der Waals surface area contributed by atoms with Crippen LogP contribution in [0.5, 0.6) is 0 Å². The number of rotatable bonds is 3. The topological polar surface area (TPSA) is 81.2 Å². The van der Waals surface area contributed by atoms with E-state index < -0.39 is 0 Å². The number of nitrogens with zero attached hydrogens (tertiary/aromatic N) is 2. The fraction of sp³-hybridized carbons (Fsp3) is 0.133. The Morgan fingerprint density at radius 1 is 1.14 bits per heavy atom. The van der Waals surface area contributed by atoms with Crippen LogP contribution >= 0.6 is 11.6 Å². The fourth-order valence-electron chi connectivity index (χ4n) is 2.01. The molecule has 0 saturated heterocycles. The van der Waals surface area contributed by atoms with E-state index in [-0.39, 0.29) is 11.7 Å². The third-order valence-corrected chi connectivity index (χ3v) is 3.30. The maximum Gasteiger partial charge on any atom is 0.261 e. The molecule has 1 aromatic carbocycles. The maximum absolute atomic E-state index is 12.5. The Morgan fingerprint density at radius 2 is 1.86 bits per heavy atom. The van der Waals surface area contributed by atoms with Gasteiger partial charge < -0.3 is 14.4 Å². The number of carbonyl (C=O) groups is 1. The molecule has 0 unspecified atom stereocenters. The summed E-state index contributed by atoms with van der Waals surface area (Å²) in [4.78, 5) is 12.5. The molecular formula is C15H12ClN3O3. The first-order chi connectivity index (χ1) is 10.5. The van der Waals surface area contributed by atoms with Crippen LogP contribution in [0.25, 0.3) is 11.5 Å².